The third kappa shape index (κ3) is 2.56. The molecule has 0 aliphatic heterocycles. The van der Waals surface area contributed by atoms with Crippen molar-refractivity contribution in [1.82, 2.24) is 0 Å². The summed E-state index contributed by atoms with van der Waals surface area (Å²) in [6.07, 6.45) is 3.29. The number of benzene rings is 2. The van der Waals surface area contributed by atoms with Gasteiger partial charge < -0.3 is 0 Å². The predicted octanol–water partition coefficient (Wildman–Crippen LogP) is 3.15. The highest BCUT2D eigenvalue weighted by Crippen LogP contribution is 2.41. The minimum Gasteiger partial charge on any atom is -0.289 e. The molecule has 0 heterocycles. The van der Waals surface area contributed by atoms with E-state index >= 15 is 0 Å². The van der Waals surface area contributed by atoms with Crippen molar-refractivity contribution in [2.24, 2.45) is 0 Å². The van der Waals surface area contributed by atoms with Gasteiger partial charge in [0.15, 0.2) is 0 Å². The number of hydrogen-bond donors (Lipinski definition) is 0. The van der Waals surface area contributed by atoms with Crippen LogP contribution in [0.2, 0.25) is 0 Å². The van der Waals surface area contributed by atoms with Crippen LogP contribution in [0.15, 0.2) is 60.2 Å². The van der Waals surface area contributed by atoms with Crippen LogP contribution < -0.4 is 0 Å². The highest BCUT2D eigenvalue weighted by Gasteiger charge is 2.42. The van der Waals surface area contributed by atoms with Gasteiger partial charge in [0.2, 0.25) is 11.6 Å². The molecular formula is C19H11FO3. The van der Waals surface area contributed by atoms with Gasteiger partial charge in [0.1, 0.15) is 11.8 Å². The molecular weight excluding hydrogens is 295 g/mol. The van der Waals surface area contributed by atoms with E-state index in [2.05, 4.69) is 0 Å². The first-order valence-corrected chi connectivity index (χ1v) is 6.98. The molecule has 2 aromatic carbocycles. The molecule has 4 heteroatoms. The van der Waals surface area contributed by atoms with Gasteiger partial charge in [-0.3, -0.25) is 9.59 Å². The van der Waals surface area contributed by atoms with Gasteiger partial charge in [-0.15, -0.1) is 0 Å². The van der Waals surface area contributed by atoms with Crippen molar-refractivity contribution < 1.29 is 18.8 Å². The van der Waals surface area contributed by atoms with Crippen molar-refractivity contribution >= 4 is 23.6 Å². The van der Waals surface area contributed by atoms with Gasteiger partial charge in [-0.1, -0.05) is 42.5 Å². The normalized spacial score (nSPS) is 17.3. The monoisotopic (exact) mass is 306 g/mol. The fourth-order valence-electron chi connectivity index (χ4n) is 2.72. The van der Waals surface area contributed by atoms with Crippen molar-refractivity contribution in [3.63, 3.8) is 0 Å². The first kappa shape index (κ1) is 14.8. The molecule has 1 unspecified atom stereocenters. The van der Waals surface area contributed by atoms with E-state index < -0.39 is 17.5 Å². The Balaban J connectivity index is 0.000000188. The molecule has 3 nitrogen and oxygen atoms in total. The number of halogens is 1. The van der Waals surface area contributed by atoms with E-state index in [9.17, 15) is 18.8 Å². The lowest BCUT2D eigenvalue weighted by Gasteiger charge is -2.15. The van der Waals surface area contributed by atoms with Crippen LogP contribution in [0.25, 0.3) is 6.08 Å². The summed E-state index contributed by atoms with van der Waals surface area (Å²) in [7, 11) is 0. The van der Waals surface area contributed by atoms with Crippen molar-refractivity contribution in [3.8, 4) is 0 Å². The van der Waals surface area contributed by atoms with Crippen LogP contribution in [0.5, 0.6) is 0 Å². The molecule has 2 aromatic rings. The van der Waals surface area contributed by atoms with Gasteiger partial charge in [0.25, 0.3) is 0 Å². The molecule has 23 heavy (non-hydrogen) atoms. The molecule has 0 spiro atoms. The molecule has 1 atom stereocenters. The van der Waals surface area contributed by atoms with Crippen LogP contribution >= 0.6 is 0 Å². The third-order valence-corrected chi connectivity index (χ3v) is 3.76. The molecule has 0 fully saturated rings. The number of hydrogen-bond acceptors (Lipinski definition) is 3. The van der Waals surface area contributed by atoms with Crippen LogP contribution in [0.3, 0.4) is 0 Å². The Morgan fingerprint density at radius 2 is 1.65 bits per heavy atom. The Hall–Kier alpha value is -3.10. The summed E-state index contributed by atoms with van der Waals surface area (Å²) < 4.78 is 11.9. The number of Topliss-reactive ketones (excluding diaryl/α,β-unsaturated/α-hetero) is 2. The van der Waals surface area contributed by atoms with Crippen molar-refractivity contribution in [3.05, 3.63) is 82.7 Å². The van der Waals surface area contributed by atoms with Crippen molar-refractivity contribution in [2.75, 3.05) is 0 Å². The fourth-order valence-corrected chi connectivity index (χ4v) is 2.72. The van der Waals surface area contributed by atoms with Gasteiger partial charge in [-0.05, 0) is 29.3 Å². The molecule has 0 saturated heterocycles. The molecule has 0 aromatic heterocycles. The van der Waals surface area contributed by atoms with Crippen molar-refractivity contribution in [1.29, 1.82) is 0 Å². The average molecular weight is 306 g/mol. The summed E-state index contributed by atoms with van der Waals surface area (Å²) in [5.74, 6) is -0.187. The lowest BCUT2D eigenvalue weighted by atomic mass is 9.85. The second kappa shape index (κ2) is 5.95. The Labute approximate surface area is 131 Å². The summed E-state index contributed by atoms with van der Waals surface area (Å²) in [5.41, 5.74) is 2.17. The maximum absolute atomic E-state index is 11.9. The van der Waals surface area contributed by atoms with E-state index in [4.69, 9.17) is 0 Å². The zero-order valence-corrected chi connectivity index (χ0v) is 12.0. The first-order chi connectivity index (χ1) is 11.1. The molecule has 0 N–H and O–H groups in total. The number of allylic oxidation sites excluding steroid dienone is 2. The summed E-state index contributed by atoms with van der Waals surface area (Å²) in [6.45, 7) is 0. The maximum Gasteiger partial charge on any atom is 0.229 e. The second-order valence-electron chi connectivity index (χ2n) is 5.12. The van der Waals surface area contributed by atoms with Gasteiger partial charge in [-0.2, -0.15) is 0 Å². The Morgan fingerprint density at radius 1 is 0.913 bits per heavy atom. The van der Waals surface area contributed by atoms with E-state index in [0.29, 0.717) is 11.1 Å². The van der Waals surface area contributed by atoms with Crippen LogP contribution in [0.1, 0.15) is 27.4 Å². The standard InChI is InChI=1S/C13H6O3.C6H5F/c14-6-8-5-4-7-2-1-3-9-10(7)11(8)13(16)12(9)15;7-6-4-2-1-3-5-6/h1-5,11H;1-5H. The zero-order chi connectivity index (χ0) is 16.4. The van der Waals surface area contributed by atoms with E-state index in [0.717, 1.165) is 5.56 Å². The van der Waals surface area contributed by atoms with E-state index in [1.807, 2.05) is 6.07 Å². The largest absolute Gasteiger partial charge is 0.289 e. The minimum absolute atomic E-state index is 0.178. The predicted molar refractivity (Wildman–Crippen MR) is 83.2 cm³/mol. The molecule has 0 saturated carbocycles. The van der Waals surface area contributed by atoms with Gasteiger partial charge >= 0.3 is 0 Å². The van der Waals surface area contributed by atoms with Crippen LogP contribution in [0, 0.1) is 5.82 Å². The van der Waals surface area contributed by atoms with Crippen molar-refractivity contribution in [2.45, 2.75) is 5.92 Å². The Morgan fingerprint density at radius 3 is 2.26 bits per heavy atom. The number of ketones is 2. The SMILES string of the molecule is Fc1ccccc1.O=C=C1C=Cc2cccc3c2C1C(=O)C3=O. The average Bonchev–Trinajstić information content (AvgIpc) is 2.84. The molecule has 2 aliphatic carbocycles. The van der Waals surface area contributed by atoms with Gasteiger partial charge in [0, 0.05) is 5.56 Å². The number of carbonyl (C=O) groups excluding carboxylic acids is 3. The fraction of sp³-hybridized carbons (Fsp3) is 0.0526. The number of carbonyl (C=O) groups is 2. The highest BCUT2D eigenvalue weighted by molar-refractivity contribution is 6.50. The molecule has 112 valence electrons. The molecule has 2 aliphatic rings. The van der Waals surface area contributed by atoms with E-state index in [1.54, 1.807) is 48.4 Å². The van der Waals surface area contributed by atoms with Crippen LogP contribution in [0.4, 0.5) is 4.39 Å². The van der Waals surface area contributed by atoms with E-state index in [1.165, 1.54) is 12.1 Å². The summed E-state index contributed by atoms with van der Waals surface area (Å²) in [5, 5.41) is 0. The topological polar surface area (TPSA) is 51.2 Å². The lowest BCUT2D eigenvalue weighted by molar-refractivity contribution is -0.115. The molecule has 0 bridgehead atoms. The smallest absolute Gasteiger partial charge is 0.229 e. The van der Waals surface area contributed by atoms with Gasteiger partial charge in [0.05, 0.1) is 11.5 Å². The first-order valence-electron chi connectivity index (χ1n) is 6.98. The molecule has 0 amide bonds. The molecule has 0 radical (unpaired) electrons. The van der Waals surface area contributed by atoms with Crippen LogP contribution in [-0.2, 0) is 9.59 Å². The lowest BCUT2D eigenvalue weighted by Crippen LogP contribution is -2.15. The summed E-state index contributed by atoms with van der Waals surface area (Å²) >= 11 is 0. The molecule has 4 rings (SSSR count). The summed E-state index contributed by atoms with van der Waals surface area (Å²) in [4.78, 5) is 34.2. The summed E-state index contributed by atoms with van der Waals surface area (Å²) in [6, 6.07) is 13.1. The third-order valence-electron chi connectivity index (χ3n) is 3.76. The minimum atomic E-state index is -0.721. The maximum atomic E-state index is 11.9. The zero-order valence-electron chi connectivity index (χ0n) is 12.0. The number of rotatable bonds is 0. The second-order valence-corrected chi connectivity index (χ2v) is 5.12. The Bertz CT molecular complexity index is 875. The van der Waals surface area contributed by atoms with Gasteiger partial charge in [-0.25, -0.2) is 9.18 Å². The quantitative estimate of drug-likeness (QED) is 0.555. The van der Waals surface area contributed by atoms with Crippen LogP contribution in [-0.4, -0.2) is 17.5 Å². The highest BCUT2D eigenvalue weighted by atomic mass is 19.1. The van der Waals surface area contributed by atoms with E-state index in [-0.39, 0.29) is 11.4 Å². The Kier molecular flexibility index (Phi) is 3.83.